The molecule has 1 saturated heterocycles. The molecule has 1 aliphatic heterocycles. The summed E-state index contributed by atoms with van der Waals surface area (Å²) in [5, 5.41) is 2.60. The SMILES string of the molecule is COc1ccc([C@H]2OC(=O)[C@@H](NC(=O)OC(C)(C)C)[C@@H]2C)cc1. The number of hydrogen-bond donors (Lipinski definition) is 1. The molecule has 0 bridgehead atoms. The second kappa shape index (κ2) is 6.48. The molecule has 0 unspecified atom stereocenters. The Bertz CT molecular complexity index is 576. The summed E-state index contributed by atoms with van der Waals surface area (Å²) in [6, 6.07) is 6.60. The minimum Gasteiger partial charge on any atom is -0.497 e. The molecule has 1 amide bonds. The highest BCUT2D eigenvalue weighted by Gasteiger charge is 2.44. The lowest BCUT2D eigenvalue weighted by Crippen LogP contribution is -2.44. The molecule has 0 aliphatic carbocycles. The second-order valence-electron chi connectivity index (χ2n) is 6.61. The van der Waals surface area contributed by atoms with Gasteiger partial charge < -0.3 is 19.5 Å². The van der Waals surface area contributed by atoms with Crippen LogP contribution in [0.5, 0.6) is 5.75 Å². The number of carbonyl (C=O) groups is 2. The van der Waals surface area contributed by atoms with Crippen LogP contribution < -0.4 is 10.1 Å². The Morgan fingerprint density at radius 2 is 1.83 bits per heavy atom. The van der Waals surface area contributed by atoms with Crippen molar-refractivity contribution in [3.8, 4) is 5.75 Å². The van der Waals surface area contributed by atoms with Gasteiger partial charge in [-0.05, 0) is 38.5 Å². The Labute approximate surface area is 136 Å². The number of nitrogens with one attached hydrogen (secondary N) is 1. The van der Waals surface area contributed by atoms with Crippen molar-refractivity contribution in [2.75, 3.05) is 7.11 Å². The maximum absolute atomic E-state index is 12.1. The molecule has 23 heavy (non-hydrogen) atoms. The number of alkyl carbamates (subject to hydrolysis) is 1. The van der Waals surface area contributed by atoms with Gasteiger partial charge in [-0.1, -0.05) is 19.1 Å². The predicted molar refractivity (Wildman–Crippen MR) is 84.1 cm³/mol. The molecule has 2 rings (SSSR count). The van der Waals surface area contributed by atoms with Gasteiger partial charge in [0.15, 0.2) is 0 Å². The molecule has 6 heteroatoms. The van der Waals surface area contributed by atoms with E-state index in [-0.39, 0.29) is 5.92 Å². The van der Waals surface area contributed by atoms with Crippen molar-refractivity contribution in [1.29, 1.82) is 0 Å². The number of cyclic esters (lactones) is 1. The lowest BCUT2D eigenvalue weighted by atomic mass is 9.93. The van der Waals surface area contributed by atoms with Crippen molar-refractivity contribution in [2.24, 2.45) is 5.92 Å². The van der Waals surface area contributed by atoms with Gasteiger partial charge >= 0.3 is 12.1 Å². The van der Waals surface area contributed by atoms with Gasteiger partial charge in [-0.15, -0.1) is 0 Å². The summed E-state index contributed by atoms with van der Waals surface area (Å²) in [4.78, 5) is 24.0. The van der Waals surface area contributed by atoms with Gasteiger partial charge in [0.2, 0.25) is 0 Å². The van der Waals surface area contributed by atoms with Crippen LogP contribution in [-0.4, -0.2) is 30.8 Å². The molecular formula is C17H23NO5. The van der Waals surface area contributed by atoms with Crippen LogP contribution in [0, 0.1) is 5.92 Å². The number of amides is 1. The van der Waals surface area contributed by atoms with Gasteiger partial charge in [-0.2, -0.15) is 0 Å². The first-order valence-corrected chi connectivity index (χ1v) is 7.55. The zero-order valence-corrected chi connectivity index (χ0v) is 14.1. The van der Waals surface area contributed by atoms with Crippen LogP contribution in [0.15, 0.2) is 24.3 Å². The normalized spacial score (nSPS) is 24.0. The molecule has 0 spiro atoms. The Hall–Kier alpha value is -2.24. The van der Waals surface area contributed by atoms with Crippen LogP contribution in [0.2, 0.25) is 0 Å². The number of ether oxygens (including phenoxy) is 3. The van der Waals surface area contributed by atoms with E-state index in [1.165, 1.54) is 0 Å². The van der Waals surface area contributed by atoms with E-state index in [1.54, 1.807) is 27.9 Å². The Morgan fingerprint density at radius 3 is 2.35 bits per heavy atom. The first kappa shape index (κ1) is 17.1. The van der Waals surface area contributed by atoms with E-state index < -0.39 is 29.8 Å². The Kier molecular flexibility index (Phi) is 4.82. The second-order valence-corrected chi connectivity index (χ2v) is 6.61. The Balaban J connectivity index is 2.07. The van der Waals surface area contributed by atoms with Crippen LogP contribution in [0.4, 0.5) is 4.79 Å². The summed E-state index contributed by atoms with van der Waals surface area (Å²) < 4.78 is 15.7. The third-order valence-electron chi connectivity index (χ3n) is 3.62. The van der Waals surface area contributed by atoms with Crippen LogP contribution in [0.3, 0.4) is 0 Å². The van der Waals surface area contributed by atoms with E-state index in [0.29, 0.717) is 0 Å². The fourth-order valence-corrected chi connectivity index (χ4v) is 2.49. The summed E-state index contributed by atoms with van der Waals surface area (Å²) in [5.74, 6) is 0.0711. The fraction of sp³-hybridized carbons (Fsp3) is 0.529. The maximum atomic E-state index is 12.1. The summed E-state index contributed by atoms with van der Waals surface area (Å²) in [6.07, 6.45) is -1.03. The number of methoxy groups -OCH3 is 1. The summed E-state index contributed by atoms with van der Waals surface area (Å²) in [6.45, 7) is 7.16. The van der Waals surface area contributed by atoms with E-state index >= 15 is 0 Å². The lowest BCUT2D eigenvalue weighted by Gasteiger charge is -2.22. The molecule has 0 radical (unpaired) electrons. The number of rotatable bonds is 3. The van der Waals surface area contributed by atoms with E-state index in [0.717, 1.165) is 11.3 Å². The van der Waals surface area contributed by atoms with Gasteiger partial charge in [0, 0.05) is 5.92 Å². The molecular weight excluding hydrogens is 298 g/mol. The molecule has 6 nitrogen and oxygen atoms in total. The molecule has 126 valence electrons. The largest absolute Gasteiger partial charge is 0.497 e. The zero-order valence-electron chi connectivity index (χ0n) is 14.1. The summed E-state index contributed by atoms with van der Waals surface area (Å²) >= 11 is 0. The van der Waals surface area contributed by atoms with Crippen LogP contribution in [0.1, 0.15) is 39.4 Å². The highest BCUT2D eigenvalue weighted by Crippen LogP contribution is 2.36. The summed E-state index contributed by atoms with van der Waals surface area (Å²) in [5.41, 5.74) is 0.241. The molecule has 1 aromatic rings. The van der Waals surface area contributed by atoms with Gasteiger partial charge in [0.1, 0.15) is 23.5 Å². The molecule has 1 aliphatic rings. The third kappa shape index (κ3) is 4.15. The molecule has 3 atom stereocenters. The molecule has 0 saturated carbocycles. The minimum atomic E-state index is -0.725. The Morgan fingerprint density at radius 1 is 1.22 bits per heavy atom. The monoisotopic (exact) mass is 321 g/mol. The smallest absolute Gasteiger partial charge is 0.408 e. The first-order valence-electron chi connectivity index (χ1n) is 7.55. The van der Waals surface area contributed by atoms with Crippen molar-refractivity contribution >= 4 is 12.1 Å². The predicted octanol–water partition coefficient (Wildman–Crippen LogP) is 2.82. The average Bonchev–Trinajstić information content (AvgIpc) is 2.73. The van der Waals surface area contributed by atoms with Gasteiger partial charge in [-0.3, -0.25) is 0 Å². The standard InChI is InChI=1S/C17H23NO5/c1-10-13(18-16(20)23-17(2,3)4)15(19)22-14(10)11-6-8-12(21-5)9-7-11/h6-10,13-14H,1-5H3,(H,18,20)/t10-,13-,14-/m0/s1. The van der Waals surface area contributed by atoms with E-state index in [1.807, 2.05) is 31.2 Å². The highest BCUT2D eigenvalue weighted by atomic mass is 16.6. The summed E-state index contributed by atoms with van der Waals surface area (Å²) in [7, 11) is 1.59. The van der Waals surface area contributed by atoms with Crippen molar-refractivity contribution in [2.45, 2.75) is 45.4 Å². The van der Waals surface area contributed by atoms with Crippen molar-refractivity contribution in [3.05, 3.63) is 29.8 Å². The number of esters is 1. The van der Waals surface area contributed by atoms with E-state index in [2.05, 4.69) is 5.32 Å². The molecule has 0 aromatic heterocycles. The number of carbonyl (C=O) groups excluding carboxylic acids is 2. The number of hydrogen-bond acceptors (Lipinski definition) is 5. The third-order valence-corrected chi connectivity index (χ3v) is 3.62. The van der Waals surface area contributed by atoms with Gasteiger partial charge in [0.25, 0.3) is 0 Å². The first-order chi connectivity index (χ1) is 10.7. The van der Waals surface area contributed by atoms with Crippen LogP contribution >= 0.6 is 0 Å². The molecule has 1 heterocycles. The van der Waals surface area contributed by atoms with Crippen molar-refractivity contribution < 1.29 is 23.8 Å². The van der Waals surface area contributed by atoms with Crippen LogP contribution in [-0.2, 0) is 14.3 Å². The highest BCUT2D eigenvalue weighted by molar-refractivity contribution is 5.83. The quantitative estimate of drug-likeness (QED) is 0.867. The maximum Gasteiger partial charge on any atom is 0.408 e. The lowest BCUT2D eigenvalue weighted by molar-refractivity contribution is -0.143. The molecule has 1 N–H and O–H groups in total. The molecule has 1 fully saturated rings. The van der Waals surface area contributed by atoms with Gasteiger partial charge in [-0.25, -0.2) is 9.59 Å². The minimum absolute atomic E-state index is 0.205. The van der Waals surface area contributed by atoms with E-state index in [9.17, 15) is 9.59 Å². The zero-order chi connectivity index (χ0) is 17.2. The van der Waals surface area contributed by atoms with Crippen LogP contribution in [0.25, 0.3) is 0 Å². The average molecular weight is 321 g/mol. The fourth-order valence-electron chi connectivity index (χ4n) is 2.49. The van der Waals surface area contributed by atoms with E-state index in [4.69, 9.17) is 14.2 Å². The van der Waals surface area contributed by atoms with Gasteiger partial charge in [0.05, 0.1) is 7.11 Å². The van der Waals surface area contributed by atoms with Crippen molar-refractivity contribution in [1.82, 2.24) is 5.32 Å². The van der Waals surface area contributed by atoms with Crippen molar-refractivity contribution in [3.63, 3.8) is 0 Å². The molecule has 1 aromatic carbocycles. The number of benzene rings is 1. The topological polar surface area (TPSA) is 73.9 Å².